The Kier molecular flexibility index (Phi) is 9.29. The molecule has 2 aromatic carbocycles. The van der Waals surface area contributed by atoms with Crippen molar-refractivity contribution in [2.75, 3.05) is 18.4 Å². The summed E-state index contributed by atoms with van der Waals surface area (Å²) in [5.74, 6) is -0.963. The number of aromatic nitrogens is 3. The lowest BCUT2D eigenvalue weighted by molar-refractivity contribution is -0.136. The molecule has 5 amide bonds. The fourth-order valence-electron chi connectivity index (χ4n) is 6.67. The number of benzene rings is 2. The van der Waals surface area contributed by atoms with E-state index in [4.69, 9.17) is 16.6 Å². The standard InChI is InChI=1S/C36H35ClN8O5S/c1-18-19(2)51-36-30(18)31(21-6-8-22(37)9-7-21)40-26(32-43-42-20(3)44(32)36)17-29(47)39-15-5-4-14-38-23-10-11-24-25(16-23)35(50)45(34(24)49)27-12-13-28(46)41-33(27)48/h6-11,16,26-27,38H,4-5,12-15,17H2,1-3H3,(H,39,47)(H,41,46,48)/t26-,27?/m0/s1. The third-order valence-corrected chi connectivity index (χ3v) is 10.9. The Bertz CT molecular complexity index is 2140. The zero-order valence-electron chi connectivity index (χ0n) is 28.2. The first kappa shape index (κ1) is 34.2. The van der Waals surface area contributed by atoms with E-state index >= 15 is 0 Å². The van der Waals surface area contributed by atoms with Crippen molar-refractivity contribution in [3.05, 3.63) is 91.8 Å². The van der Waals surface area contributed by atoms with Gasteiger partial charge in [0.15, 0.2) is 5.82 Å². The minimum absolute atomic E-state index is 0.0646. The Labute approximate surface area is 302 Å². The second-order valence-electron chi connectivity index (χ2n) is 12.8. The zero-order chi connectivity index (χ0) is 36.0. The molecule has 13 nitrogen and oxygen atoms in total. The number of nitrogens with one attached hydrogen (secondary N) is 3. The lowest BCUT2D eigenvalue weighted by Crippen LogP contribution is -2.54. The second kappa shape index (κ2) is 13.8. The molecular formula is C36H35ClN8O5S. The summed E-state index contributed by atoms with van der Waals surface area (Å²) in [6.45, 7) is 7.09. The highest BCUT2D eigenvalue weighted by Gasteiger charge is 2.44. The van der Waals surface area contributed by atoms with Gasteiger partial charge in [-0.15, -0.1) is 21.5 Å². The van der Waals surface area contributed by atoms with Crippen molar-refractivity contribution in [3.8, 4) is 5.00 Å². The summed E-state index contributed by atoms with van der Waals surface area (Å²) in [7, 11) is 0. The molecule has 0 aliphatic carbocycles. The van der Waals surface area contributed by atoms with Crippen LogP contribution in [0.4, 0.5) is 5.69 Å². The van der Waals surface area contributed by atoms with E-state index in [1.54, 1.807) is 29.5 Å². The molecule has 5 heterocycles. The smallest absolute Gasteiger partial charge is 0.262 e. The number of thiophene rings is 1. The van der Waals surface area contributed by atoms with Gasteiger partial charge in [-0.3, -0.25) is 43.7 Å². The minimum atomic E-state index is -1.01. The van der Waals surface area contributed by atoms with Crippen molar-refractivity contribution in [1.29, 1.82) is 0 Å². The van der Waals surface area contributed by atoms with Crippen LogP contribution >= 0.6 is 22.9 Å². The van der Waals surface area contributed by atoms with Gasteiger partial charge >= 0.3 is 0 Å². The van der Waals surface area contributed by atoms with Crippen molar-refractivity contribution < 1.29 is 24.0 Å². The highest BCUT2D eigenvalue weighted by atomic mass is 35.5. The Morgan fingerprint density at radius 3 is 2.49 bits per heavy atom. The molecule has 51 heavy (non-hydrogen) atoms. The third-order valence-electron chi connectivity index (χ3n) is 9.43. The van der Waals surface area contributed by atoms with Gasteiger partial charge in [0.1, 0.15) is 22.9 Å². The maximum atomic E-state index is 13.3. The van der Waals surface area contributed by atoms with Crippen molar-refractivity contribution >= 4 is 63.9 Å². The summed E-state index contributed by atoms with van der Waals surface area (Å²) in [4.78, 5) is 70.5. The molecule has 0 bridgehead atoms. The van der Waals surface area contributed by atoms with Crippen LogP contribution in [0.5, 0.6) is 0 Å². The third kappa shape index (κ3) is 6.45. The van der Waals surface area contributed by atoms with Gasteiger partial charge in [-0.1, -0.05) is 23.7 Å². The number of hydrogen-bond acceptors (Lipinski definition) is 10. The number of imide groups is 2. The number of carbonyl (C=O) groups is 5. The number of aliphatic imine (C=N–C) groups is 1. The number of aryl methyl sites for hydroxylation is 2. The number of piperidine rings is 1. The first-order valence-electron chi connectivity index (χ1n) is 16.7. The SMILES string of the molecule is Cc1sc2c(c1C)C(c1ccc(Cl)cc1)=N[C@@H](CC(=O)NCCCCNc1ccc3c(c1)C(=O)N(C1CCC(=O)NC1=O)C3=O)c1nnc(C)n1-2. The van der Waals surface area contributed by atoms with Crippen LogP contribution in [0.3, 0.4) is 0 Å². The number of amides is 5. The fraction of sp³-hybridized carbons (Fsp3) is 0.333. The topological polar surface area (TPSA) is 168 Å². The van der Waals surface area contributed by atoms with Gasteiger partial charge in [0.2, 0.25) is 17.7 Å². The summed E-state index contributed by atoms with van der Waals surface area (Å²) in [5, 5.41) is 18.9. The summed E-state index contributed by atoms with van der Waals surface area (Å²) in [6.07, 6.45) is 1.68. The summed E-state index contributed by atoms with van der Waals surface area (Å²) < 4.78 is 2.02. The van der Waals surface area contributed by atoms with Crippen LogP contribution < -0.4 is 16.0 Å². The van der Waals surface area contributed by atoms with Crippen LogP contribution in [-0.4, -0.2) is 74.0 Å². The van der Waals surface area contributed by atoms with E-state index in [1.165, 1.54) is 4.88 Å². The number of anilines is 1. The Balaban J connectivity index is 0.959. The highest BCUT2D eigenvalue weighted by molar-refractivity contribution is 7.15. The maximum absolute atomic E-state index is 13.3. The average molecular weight is 727 g/mol. The van der Waals surface area contributed by atoms with Crippen LogP contribution in [-0.2, 0) is 14.4 Å². The molecule has 7 rings (SSSR count). The van der Waals surface area contributed by atoms with E-state index in [0.717, 1.165) is 44.5 Å². The van der Waals surface area contributed by atoms with Crippen molar-refractivity contribution in [2.24, 2.45) is 4.99 Å². The van der Waals surface area contributed by atoms with Crippen molar-refractivity contribution in [2.45, 2.75) is 65.0 Å². The van der Waals surface area contributed by atoms with Crippen LogP contribution in [0.15, 0.2) is 47.5 Å². The molecule has 1 saturated heterocycles. The van der Waals surface area contributed by atoms with E-state index < -0.39 is 35.7 Å². The average Bonchev–Trinajstić information content (AvgIpc) is 3.67. The summed E-state index contributed by atoms with van der Waals surface area (Å²) in [5.41, 5.74) is 4.92. The van der Waals surface area contributed by atoms with Gasteiger partial charge in [-0.2, -0.15) is 0 Å². The van der Waals surface area contributed by atoms with Gasteiger partial charge in [-0.25, -0.2) is 0 Å². The van der Waals surface area contributed by atoms with E-state index in [2.05, 4.69) is 40.0 Å². The summed E-state index contributed by atoms with van der Waals surface area (Å²) in [6, 6.07) is 10.9. The molecule has 2 atom stereocenters. The molecule has 0 saturated carbocycles. The highest BCUT2D eigenvalue weighted by Crippen LogP contribution is 2.39. The number of halogens is 1. The van der Waals surface area contributed by atoms with Crippen molar-refractivity contribution in [1.82, 2.24) is 30.3 Å². The number of nitrogens with zero attached hydrogens (tertiary/aromatic N) is 5. The Hall–Kier alpha value is -5.21. The predicted molar refractivity (Wildman–Crippen MR) is 192 cm³/mol. The van der Waals surface area contributed by atoms with Gasteiger partial charge in [0, 0.05) is 46.2 Å². The van der Waals surface area contributed by atoms with E-state index in [-0.39, 0.29) is 36.3 Å². The number of hydrogen-bond donors (Lipinski definition) is 3. The fourth-order valence-corrected chi connectivity index (χ4v) is 8.01. The van der Waals surface area contributed by atoms with Crippen LogP contribution in [0.2, 0.25) is 5.02 Å². The van der Waals surface area contributed by atoms with E-state index in [1.807, 2.05) is 35.8 Å². The number of fused-ring (bicyclic) bond motifs is 4. The monoisotopic (exact) mass is 726 g/mol. The molecule has 1 unspecified atom stereocenters. The first-order chi connectivity index (χ1) is 24.5. The number of rotatable bonds is 10. The first-order valence-corrected chi connectivity index (χ1v) is 17.9. The molecule has 15 heteroatoms. The minimum Gasteiger partial charge on any atom is -0.385 e. The molecule has 3 aliphatic heterocycles. The molecule has 2 aromatic heterocycles. The van der Waals surface area contributed by atoms with Gasteiger partial charge in [-0.05, 0) is 75.9 Å². The van der Waals surface area contributed by atoms with Gasteiger partial charge in [0.05, 0.1) is 23.3 Å². The molecule has 4 aromatic rings. The molecule has 0 spiro atoms. The van der Waals surface area contributed by atoms with E-state index in [9.17, 15) is 24.0 Å². The van der Waals surface area contributed by atoms with Gasteiger partial charge in [0.25, 0.3) is 11.8 Å². The molecule has 3 aliphatic rings. The molecule has 3 N–H and O–H groups in total. The number of carbonyl (C=O) groups excluding carboxylic acids is 5. The van der Waals surface area contributed by atoms with Gasteiger partial charge < -0.3 is 10.6 Å². The molecule has 1 fully saturated rings. The summed E-state index contributed by atoms with van der Waals surface area (Å²) >= 11 is 7.87. The largest absolute Gasteiger partial charge is 0.385 e. The number of unbranched alkanes of at least 4 members (excludes halogenated alkanes) is 1. The lowest BCUT2D eigenvalue weighted by Gasteiger charge is -2.27. The maximum Gasteiger partial charge on any atom is 0.262 e. The Morgan fingerprint density at radius 1 is 0.980 bits per heavy atom. The molecule has 262 valence electrons. The van der Waals surface area contributed by atoms with Crippen LogP contribution in [0, 0.1) is 20.8 Å². The molecular weight excluding hydrogens is 692 g/mol. The van der Waals surface area contributed by atoms with Crippen molar-refractivity contribution in [3.63, 3.8) is 0 Å². The normalized spacial score (nSPS) is 18.1. The van der Waals surface area contributed by atoms with Crippen LogP contribution in [0.1, 0.15) is 92.1 Å². The van der Waals surface area contributed by atoms with E-state index in [0.29, 0.717) is 36.0 Å². The molecule has 0 radical (unpaired) electrons. The second-order valence-corrected chi connectivity index (χ2v) is 14.4. The zero-order valence-corrected chi connectivity index (χ0v) is 29.8. The predicted octanol–water partition coefficient (Wildman–Crippen LogP) is 4.60. The quantitative estimate of drug-likeness (QED) is 0.158. The Morgan fingerprint density at radius 2 is 1.73 bits per heavy atom. The van der Waals surface area contributed by atoms with Crippen LogP contribution in [0.25, 0.3) is 5.00 Å². The lowest BCUT2D eigenvalue weighted by atomic mass is 9.99.